The molecule has 0 saturated heterocycles. The molecule has 0 aliphatic heterocycles. The first kappa shape index (κ1) is 8.01. The zero-order valence-corrected chi connectivity index (χ0v) is 7.98. The van der Waals surface area contributed by atoms with Crippen LogP contribution in [0.25, 0.3) is 5.65 Å². The Labute approximate surface area is 81.9 Å². The van der Waals surface area contributed by atoms with Gasteiger partial charge in [-0.3, -0.25) is 0 Å². The molecule has 5 nitrogen and oxygen atoms in total. The topological polar surface area (TPSA) is 80.0 Å². The van der Waals surface area contributed by atoms with Gasteiger partial charge in [-0.1, -0.05) is 0 Å². The highest BCUT2D eigenvalue weighted by atomic mass is 79.9. The van der Waals surface area contributed by atoms with E-state index in [-0.39, 0.29) is 5.82 Å². The number of nitrogens with zero attached hydrogens (tertiary/aromatic N) is 4. The summed E-state index contributed by atoms with van der Waals surface area (Å²) in [6.45, 7) is 0. The van der Waals surface area contributed by atoms with Crippen LogP contribution in [-0.4, -0.2) is 14.6 Å². The average Bonchev–Trinajstić information content (AvgIpc) is 2.39. The van der Waals surface area contributed by atoms with Crippen molar-refractivity contribution in [3.8, 4) is 6.07 Å². The van der Waals surface area contributed by atoms with E-state index in [1.165, 1.54) is 4.52 Å². The molecule has 0 amide bonds. The summed E-state index contributed by atoms with van der Waals surface area (Å²) in [4.78, 5) is 4.02. The molecule has 13 heavy (non-hydrogen) atoms. The van der Waals surface area contributed by atoms with Crippen LogP contribution in [0.5, 0.6) is 0 Å². The van der Waals surface area contributed by atoms with Gasteiger partial charge >= 0.3 is 0 Å². The number of aromatic nitrogens is 3. The maximum absolute atomic E-state index is 8.74. The van der Waals surface area contributed by atoms with Crippen molar-refractivity contribution in [3.05, 3.63) is 22.4 Å². The monoisotopic (exact) mass is 237 g/mol. The van der Waals surface area contributed by atoms with Crippen LogP contribution in [-0.2, 0) is 0 Å². The molecule has 0 aliphatic carbocycles. The van der Waals surface area contributed by atoms with Crippen molar-refractivity contribution in [2.45, 2.75) is 0 Å². The van der Waals surface area contributed by atoms with Crippen LogP contribution in [0.4, 0.5) is 5.82 Å². The molecule has 0 bridgehead atoms. The smallest absolute Gasteiger partial charge is 0.175 e. The number of hydrogen-bond acceptors (Lipinski definition) is 4. The molecule has 2 aromatic rings. The second kappa shape index (κ2) is 2.71. The number of hydrogen-bond donors (Lipinski definition) is 1. The van der Waals surface area contributed by atoms with E-state index in [0.29, 0.717) is 11.2 Å². The Hall–Kier alpha value is -1.61. The lowest BCUT2D eigenvalue weighted by Gasteiger charge is -1.91. The van der Waals surface area contributed by atoms with Gasteiger partial charge in [0.25, 0.3) is 0 Å². The van der Waals surface area contributed by atoms with Crippen LogP contribution in [0.2, 0.25) is 0 Å². The molecule has 0 spiro atoms. The summed E-state index contributed by atoms with van der Waals surface area (Å²) in [6.07, 6.45) is 3.29. The zero-order chi connectivity index (χ0) is 9.42. The molecule has 0 saturated carbocycles. The fourth-order valence-corrected chi connectivity index (χ4v) is 1.33. The third kappa shape index (κ3) is 1.13. The molecule has 2 rings (SSSR count). The van der Waals surface area contributed by atoms with Crippen LogP contribution in [0.1, 0.15) is 5.56 Å². The van der Waals surface area contributed by atoms with Crippen molar-refractivity contribution in [1.29, 1.82) is 5.26 Å². The van der Waals surface area contributed by atoms with Crippen molar-refractivity contribution in [1.82, 2.24) is 14.6 Å². The molecule has 0 radical (unpaired) electrons. The van der Waals surface area contributed by atoms with Crippen molar-refractivity contribution in [2.75, 3.05) is 5.73 Å². The molecule has 0 unspecified atom stereocenters. The molecular formula is C7H4BrN5. The molecule has 2 aromatic heterocycles. The summed E-state index contributed by atoms with van der Waals surface area (Å²) in [6, 6.07) is 1.95. The van der Waals surface area contributed by atoms with E-state index >= 15 is 0 Å². The van der Waals surface area contributed by atoms with Gasteiger partial charge in [0.2, 0.25) is 0 Å². The summed E-state index contributed by atoms with van der Waals surface area (Å²) in [5, 5.41) is 12.7. The van der Waals surface area contributed by atoms with Crippen LogP contribution in [0, 0.1) is 11.3 Å². The van der Waals surface area contributed by atoms with Crippen molar-refractivity contribution < 1.29 is 0 Å². The Morgan fingerprint density at radius 2 is 2.38 bits per heavy atom. The van der Waals surface area contributed by atoms with Crippen molar-refractivity contribution in [3.63, 3.8) is 0 Å². The highest BCUT2D eigenvalue weighted by molar-refractivity contribution is 9.10. The number of nitrogen functional groups attached to an aromatic ring is 1. The van der Waals surface area contributed by atoms with Gasteiger partial charge in [0.15, 0.2) is 11.5 Å². The lowest BCUT2D eigenvalue weighted by Crippen LogP contribution is -1.89. The Kier molecular flexibility index (Phi) is 1.67. The average molecular weight is 238 g/mol. The van der Waals surface area contributed by atoms with Gasteiger partial charge in [0.1, 0.15) is 11.6 Å². The fourth-order valence-electron chi connectivity index (χ4n) is 1.04. The van der Waals surface area contributed by atoms with Gasteiger partial charge in [-0.2, -0.15) is 5.26 Å². The second-order valence-electron chi connectivity index (χ2n) is 2.41. The highest BCUT2D eigenvalue weighted by Crippen LogP contribution is 2.16. The minimum Gasteiger partial charge on any atom is -0.381 e. The van der Waals surface area contributed by atoms with E-state index in [1.807, 2.05) is 6.07 Å². The van der Waals surface area contributed by atoms with E-state index < -0.39 is 0 Å². The predicted octanol–water partition coefficient (Wildman–Crippen LogP) is 0.946. The Morgan fingerprint density at radius 1 is 1.62 bits per heavy atom. The minimum absolute atomic E-state index is 0.202. The van der Waals surface area contributed by atoms with Gasteiger partial charge in [-0.15, -0.1) is 5.10 Å². The van der Waals surface area contributed by atoms with Crippen LogP contribution in [0.3, 0.4) is 0 Å². The largest absolute Gasteiger partial charge is 0.381 e. The summed E-state index contributed by atoms with van der Waals surface area (Å²) in [5.74, 6) is 0.202. The maximum Gasteiger partial charge on any atom is 0.175 e. The maximum atomic E-state index is 8.74. The van der Waals surface area contributed by atoms with Gasteiger partial charge < -0.3 is 5.73 Å². The molecule has 2 heterocycles. The Balaban J connectivity index is 2.88. The molecule has 0 aromatic carbocycles. The third-order valence-corrected chi connectivity index (χ3v) is 1.99. The fraction of sp³-hybridized carbons (Fsp3) is 0. The van der Waals surface area contributed by atoms with Gasteiger partial charge in [0.05, 0.1) is 4.47 Å². The SMILES string of the molecule is N#Cc1c(N)nn2cc(Br)cnc12. The van der Waals surface area contributed by atoms with E-state index in [0.717, 1.165) is 4.47 Å². The zero-order valence-electron chi connectivity index (χ0n) is 6.40. The number of halogens is 1. The first-order valence-electron chi connectivity index (χ1n) is 3.42. The van der Waals surface area contributed by atoms with Gasteiger partial charge in [0, 0.05) is 12.4 Å². The van der Waals surface area contributed by atoms with Gasteiger partial charge in [-0.25, -0.2) is 9.50 Å². The number of anilines is 1. The summed E-state index contributed by atoms with van der Waals surface area (Å²) in [5.41, 5.74) is 6.29. The number of nitrogens with two attached hydrogens (primary N) is 1. The third-order valence-electron chi connectivity index (χ3n) is 1.58. The molecule has 6 heteroatoms. The summed E-state index contributed by atoms with van der Waals surface area (Å²) in [7, 11) is 0. The van der Waals surface area contributed by atoms with E-state index in [9.17, 15) is 0 Å². The molecule has 0 aliphatic rings. The Bertz CT molecular complexity index is 509. The first-order chi connectivity index (χ1) is 6.22. The molecule has 2 N–H and O–H groups in total. The predicted molar refractivity (Wildman–Crippen MR) is 49.8 cm³/mol. The second-order valence-corrected chi connectivity index (χ2v) is 3.33. The summed E-state index contributed by atoms with van der Waals surface area (Å²) < 4.78 is 2.25. The number of nitriles is 1. The number of rotatable bonds is 0. The lowest BCUT2D eigenvalue weighted by molar-refractivity contribution is 0.939. The van der Waals surface area contributed by atoms with E-state index in [1.54, 1.807) is 12.4 Å². The molecule has 0 fully saturated rings. The Morgan fingerprint density at radius 3 is 3.08 bits per heavy atom. The molecule has 0 atom stereocenters. The summed E-state index contributed by atoms with van der Waals surface area (Å²) >= 11 is 3.24. The quantitative estimate of drug-likeness (QED) is 0.740. The van der Waals surface area contributed by atoms with Crippen molar-refractivity contribution in [2.24, 2.45) is 0 Å². The number of fused-ring (bicyclic) bond motifs is 1. The minimum atomic E-state index is 0.202. The van der Waals surface area contributed by atoms with Crippen molar-refractivity contribution >= 4 is 27.4 Å². The molecular weight excluding hydrogens is 234 g/mol. The van der Waals surface area contributed by atoms with Gasteiger partial charge in [-0.05, 0) is 15.9 Å². The van der Waals surface area contributed by atoms with E-state index in [4.69, 9.17) is 11.0 Å². The first-order valence-corrected chi connectivity index (χ1v) is 4.21. The van der Waals surface area contributed by atoms with Crippen LogP contribution < -0.4 is 5.73 Å². The normalized spacial score (nSPS) is 10.2. The standard InChI is InChI=1S/C7H4BrN5/c8-4-2-11-7-5(1-9)6(10)12-13(7)3-4/h2-3H,(H2,10,12). The highest BCUT2D eigenvalue weighted by Gasteiger charge is 2.09. The lowest BCUT2D eigenvalue weighted by atomic mass is 10.3. The van der Waals surface area contributed by atoms with Crippen LogP contribution in [0.15, 0.2) is 16.9 Å². The van der Waals surface area contributed by atoms with Crippen LogP contribution >= 0.6 is 15.9 Å². The molecule has 64 valence electrons. The van der Waals surface area contributed by atoms with E-state index in [2.05, 4.69) is 26.0 Å².